The average Bonchev–Trinajstić information content (AvgIpc) is 3.75. The van der Waals surface area contributed by atoms with Gasteiger partial charge < -0.3 is 25.1 Å². The van der Waals surface area contributed by atoms with E-state index in [9.17, 15) is 19.1 Å². The van der Waals surface area contributed by atoms with Crippen LogP contribution < -0.4 is 20.9 Å². The molecule has 0 radical (unpaired) electrons. The molecule has 0 unspecified atom stereocenters. The van der Waals surface area contributed by atoms with Gasteiger partial charge in [-0.1, -0.05) is 6.07 Å². The highest BCUT2D eigenvalue weighted by Crippen LogP contribution is 2.51. The Balaban J connectivity index is 1.49. The highest BCUT2D eigenvalue weighted by atomic mass is 32.1. The van der Waals surface area contributed by atoms with E-state index in [0.29, 0.717) is 11.5 Å². The Morgan fingerprint density at radius 3 is 2.02 bits per heavy atom. The molecule has 0 aliphatic rings. The van der Waals surface area contributed by atoms with Crippen molar-refractivity contribution in [3.05, 3.63) is 59.0 Å². The number of carbonyl (C=O) groups is 2. The van der Waals surface area contributed by atoms with Crippen molar-refractivity contribution in [2.24, 2.45) is 11.5 Å². The number of carboxylic acid groups (broad SMARTS) is 1. The molecule has 208 valence electrons. The van der Waals surface area contributed by atoms with E-state index in [-0.39, 0.29) is 24.8 Å². The second-order valence-electron chi connectivity index (χ2n) is 8.19. The molecule has 0 saturated heterocycles. The summed E-state index contributed by atoms with van der Waals surface area (Å²) in [5.74, 6) is -0.0878. The van der Waals surface area contributed by atoms with Gasteiger partial charge in [0.1, 0.15) is 30.8 Å². The summed E-state index contributed by atoms with van der Waals surface area (Å²) in [5.41, 5.74) is 11.5. The molecule has 0 spiro atoms. The van der Waals surface area contributed by atoms with Crippen molar-refractivity contribution >= 4 is 69.1 Å². The van der Waals surface area contributed by atoms with Gasteiger partial charge >= 0.3 is 5.97 Å². The predicted molar refractivity (Wildman–Crippen MR) is 159 cm³/mol. The molecule has 14 heteroatoms. The third kappa shape index (κ3) is 6.44. The summed E-state index contributed by atoms with van der Waals surface area (Å²) in [6.07, 6.45) is -0.905. The quantitative estimate of drug-likeness (QED) is 0.0995. The molecule has 0 aliphatic heterocycles. The zero-order valence-electron chi connectivity index (χ0n) is 20.4. The summed E-state index contributed by atoms with van der Waals surface area (Å²) in [4.78, 5) is 29.0. The van der Waals surface area contributed by atoms with Gasteiger partial charge in [0.2, 0.25) is 0 Å². The van der Waals surface area contributed by atoms with Gasteiger partial charge in [-0.15, -0.1) is 56.7 Å². The fraction of sp³-hybridized carbons (Fsp3) is 0.154. The lowest BCUT2D eigenvalue weighted by Crippen LogP contribution is -2.36. The van der Waals surface area contributed by atoms with Gasteiger partial charge in [-0.2, -0.15) is 4.39 Å². The van der Waals surface area contributed by atoms with Gasteiger partial charge in [0.15, 0.2) is 11.4 Å². The molecular formula is C26H21FN2O6S5. The van der Waals surface area contributed by atoms with Crippen molar-refractivity contribution in [1.29, 1.82) is 0 Å². The first-order valence-corrected chi connectivity index (χ1v) is 15.7. The second kappa shape index (κ2) is 12.6. The van der Waals surface area contributed by atoms with Crippen LogP contribution in [-0.4, -0.2) is 43.0 Å². The fourth-order valence-corrected chi connectivity index (χ4v) is 8.61. The number of carboxylic acids is 1. The van der Waals surface area contributed by atoms with Crippen LogP contribution in [0.3, 0.4) is 0 Å². The highest BCUT2D eigenvalue weighted by Gasteiger charge is 2.22. The van der Waals surface area contributed by atoms with E-state index in [0.717, 1.165) is 50.4 Å². The Kier molecular flexibility index (Phi) is 8.95. The van der Waals surface area contributed by atoms with Gasteiger partial charge in [0.05, 0.1) is 9.75 Å². The lowest BCUT2D eigenvalue weighted by molar-refractivity contribution is -0.139. The maximum Gasteiger partial charge on any atom is 0.324 e. The maximum absolute atomic E-state index is 13.7. The van der Waals surface area contributed by atoms with Crippen LogP contribution in [0, 0.1) is 5.13 Å². The Labute approximate surface area is 247 Å². The number of ether oxygens (including phenoxy) is 3. The summed E-state index contributed by atoms with van der Waals surface area (Å²) < 4.78 is 30.3. The molecule has 0 amide bonds. The topological polar surface area (TPSA) is 134 Å². The molecule has 0 fully saturated rings. The van der Waals surface area contributed by atoms with E-state index in [1.165, 1.54) is 28.7 Å². The normalized spacial score (nSPS) is 12.7. The van der Waals surface area contributed by atoms with Crippen molar-refractivity contribution in [1.82, 2.24) is 0 Å². The molecule has 8 nitrogen and oxygen atoms in total. The summed E-state index contributed by atoms with van der Waals surface area (Å²) >= 11 is 7.13. The van der Waals surface area contributed by atoms with Gasteiger partial charge in [-0.3, -0.25) is 15.3 Å². The van der Waals surface area contributed by atoms with Crippen molar-refractivity contribution in [3.8, 4) is 50.5 Å². The van der Waals surface area contributed by atoms with E-state index in [4.69, 9.17) is 25.7 Å². The molecule has 5 N–H and O–H groups in total. The first kappa shape index (κ1) is 28.4. The molecule has 0 bridgehead atoms. The van der Waals surface area contributed by atoms with E-state index in [1.54, 1.807) is 34.8 Å². The van der Waals surface area contributed by atoms with Crippen molar-refractivity contribution in [3.63, 3.8) is 0 Å². The Morgan fingerprint density at radius 1 is 0.850 bits per heavy atom. The molecule has 5 heterocycles. The number of rotatable bonds is 13. The molecule has 0 saturated carbocycles. The van der Waals surface area contributed by atoms with Crippen LogP contribution in [0.5, 0.6) is 11.5 Å². The van der Waals surface area contributed by atoms with Crippen LogP contribution in [0.15, 0.2) is 53.9 Å². The molecule has 40 heavy (non-hydrogen) atoms. The first-order chi connectivity index (χ1) is 19.3. The maximum atomic E-state index is 13.7. The Hall–Kier alpha value is -3.11. The third-order valence-electron chi connectivity index (χ3n) is 5.40. The predicted octanol–water partition coefficient (Wildman–Crippen LogP) is 6.43. The third-order valence-corrected chi connectivity index (χ3v) is 11.2. The van der Waals surface area contributed by atoms with E-state index in [1.807, 2.05) is 35.7 Å². The smallest absolute Gasteiger partial charge is 0.324 e. The van der Waals surface area contributed by atoms with E-state index in [2.05, 4.69) is 0 Å². The lowest BCUT2D eigenvalue weighted by Gasteiger charge is -2.11. The minimum absolute atomic E-state index is 0.0158. The number of nitrogens with two attached hydrogens (primary N) is 2. The average molecular weight is 637 g/mol. The summed E-state index contributed by atoms with van der Waals surface area (Å²) in [6, 6.07) is 13.5. The van der Waals surface area contributed by atoms with Crippen molar-refractivity contribution in [2.75, 3.05) is 13.2 Å². The second-order valence-corrected chi connectivity index (χ2v) is 13.4. The molecule has 5 aromatic rings. The van der Waals surface area contributed by atoms with E-state index < -0.39 is 18.2 Å². The molecular weight excluding hydrogens is 616 g/mol. The fourth-order valence-electron chi connectivity index (χ4n) is 3.53. The number of halogens is 1. The molecule has 5 rings (SSSR count). The van der Waals surface area contributed by atoms with Crippen molar-refractivity contribution in [2.45, 2.75) is 12.3 Å². The van der Waals surface area contributed by atoms with Crippen LogP contribution in [0.1, 0.15) is 0 Å². The van der Waals surface area contributed by atoms with Crippen molar-refractivity contribution < 1.29 is 33.3 Å². The van der Waals surface area contributed by atoms with E-state index >= 15 is 0 Å². The number of carbonyl (C=O) groups excluding carboxylic acids is 1. The summed E-state index contributed by atoms with van der Waals surface area (Å²) in [6.45, 7) is 0.0534. The highest BCUT2D eigenvalue weighted by molar-refractivity contribution is 7.29. The molecule has 0 aliphatic carbocycles. The monoisotopic (exact) mass is 636 g/mol. The number of aliphatic carboxylic acids is 1. The minimum atomic E-state index is -1.19. The lowest BCUT2D eigenvalue weighted by atomic mass is 10.3. The van der Waals surface area contributed by atoms with Crippen LogP contribution >= 0.6 is 56.7 Å². The largest absolute Gasteiger partial charge is 0.490 e. The zero-order chi connectivity index (χ0) is 28.2. The SMILES string of the molecule is N[C@H](COc1cc(-c2cccs2)sc1-c1ccc(-c2sc(-c3ccc(F)s3)cc2OC[C@H](N)C(=O)O)s1)OC=O. The Bertz CT molecular complexity index is 1600. The van der Waals surface area contributed by atoms with Gasteiger partial charge in [0, 0.05) is 41.4 Å². The van der Waals surface area contributed by atoms with Gasteiger partial charge in [0.25, 0.3) is 6.47 Å². The van der Waals surface area contributed by atoms with Gasteiger partial charge in [-0.05, 0) is 35.7 Å². The summed E-state index contributed by atoms with van der Waals surface area (Å²) in [7, 11) is 0. The minimum Gasteiger partial charge on any atom is -0.490 e. The molecule has 0 aromatic carbocycles. The van der Waals surface area contributed by atoms with Crippen LogP contribution in [0.25, 0.3) is 39.0 Å². The number of hydrogen-bond donors (Lipinski definition) is 3. The van der Waals surface area contributed by atoms with Crippen LogP contribution in [0.4, 0.5) is 4.39 Å². The van der Waals surface area contributed by atoms with Crippen LogP contribution in [0.2, 0.25) is 0 Å². The molecule has 5 aromatic heterocycles. The first-order valence-electron chi connectivity index (χ1n) is 11.6. The number of hydrogen-bond acceptors (Lipinski definition) is 12. The Morgan fingerprint density at radius 2 is 1.48 bits per heavy atom. The van der Waals surface area contributed by atoms with Crippen LogP contribution in [-0.2, 0) is 14.3 Å². The standard InChI is InChI=1S/C26H21FN2O6S5/c27-22-6-5-17(38-22)21-9-14(33-10-13(28)26(31)32)24(40-21)18-3-4-19(37-18)25-15(34-11-23(29)35-12-30)8-20(39-25)16-2-1-7-36-16/h1-9,12-13,23H,10-11,28-29H2,(H,31,32)/t13-,23-/m0/s1. The zero-order valence-corrected chi connectivity index (χ0v) is 24.5. The number of thiophene rings is 5. The summed E-state index contributed by atoms with van der Waals surface area (Å²) in [5, 5.41) is 10.9. The van der Waals surface area contributed by atoms with Gasteiger partial charge in [-0.25, -0.2) is 0 Å². The molecule has 2 atom stereocenters.